The van der Waals surface area contributed by atoms with Gasteiger partial charge in [0.1, 0.15) is 12.7 Å². The second kappa shape index (κ2) is 8.66. The Morgan fingerprint density at radius 2 is 1.94 bits per heavy atom. The highest BCUT2D eigenvalue weighted by molar-refractivity contribution is 5.94. The van der Waals surface area contributed by atoms with Gasteiger partial charge in [0.15, 0.2) is 0 Å². The fourth-order valence-electron chi connectivity index (χ4n) is 6.62. The van der Waals surface area contributed by atoms with E-state index < -0.39 is 12.2 Å². The maximum Gasteiger partial charge on any atom is 0.338 e. The van der Waals surface area contributed by atoms with E-state index >= 15 is 0 Å². The van der Waals surface area contributed by atoms with Crippen molar-refractivity contribution in [2.45, 2.75) is 69.6 Å². The van der Waals surface area contributed by atoms with E-state index in [1.807, 2.05) is 32.0 Å². The number of piperazine rings is 1. The first-order valence-electron chi connectivity index (χ1n) is 12.7. The third-order valence-corrected chi connectivity index (χ3v) is 8.54. The molecule has 3 N–H and O–H groups in total. The molecule has 2 saturated heterocycles. The molecule has 6 rings (SSSR count). The van der Waals surface area contributed by atoms with Crippen molar-refractivity contribution in [1.29, 1.82) is 0 Å². The molecule has 1 unspecified atom stereocenters. The quantitative estimate of drug-likeness (QED) is 0.528. The van der Waals surface area contributed by atoms with E-state index in [-0.39, 0.29) is 30.2 Å². The fraction of sp³-hybridized carbons (Fsp3) is 0.500. The van der Waals surface area contributed by atoms with Crippen LogP contribution in [-0.2, 0) is 22.5 Å². The predicted octanol–water partition coefficient (Wildman–Crippen LogP) is 2.34. The summed E-state index contributed by atoms with van der Waals surface area (Å²) in [5, 5.41) is 26.1. The lowest BCUT2D eigenvalue weighted by Gasteiger charge is -2.41. The Balaban J connectivity index is 1.20. The summed E-state index contributed by atoms with van der Waals surface area (Å²) in [4.78, 5) is 26.4. The van der Waals surface area contributed by atoms with E-state index in [1.165, 1.54) is 0 Å². The number of benzene rings is 2. The van der Waals surface area contributed by atoms with Gasteiger partial charge in [0.05, 0.1) is 23.3 Å². The Morgan fingerprint density at radius 1 is 1.14 bits per heavy atom. The van der Waals surface area contributed by atoms with Gasteiger partial charge in [0.25, 0.3) is 0 Å². The predicted molar refractivity (Wildman–Crippen MR) is 131 cm³/mol. The van der Waals surface area contributed by atoms with Crippen LogP contribution in [0.3, 0.4) is 0 Å². The van der Waals surface area contributed by atoms with Crippen LogP contribution in [0.15, 0.2) is 30.3 Å². The number of carbonyl (C=O) groups is 2. The number of rotatable bonds is 6. The normalized spacial score (nSPS) is 28.4. The maximum absolute atomic E-state index is 12.2. The third-order valence-electron chi connectivity index (χ3n) is 8.54. The molecule has 4 aliphatic rings. The number of esters is 2. The van der Waals surface area contributed by atoms with E-state index in [9.17, 15) is 19.8 Å². The second-order valence-corrected chi connectivity index (χ2v) is 10.9. The number of β-amino-alcohol motifs (C(OH)–C–C–N with tert-alkyl or cyclic N) is 1. The summed E-state index contributed by atoms with van der Waals surface area (Å²) in [6, 6.07) is 9.43. The Kier molecular flexibility index (Phi) is 5.68. The number of nitrogens with zero attached hydrogens (tertiary/aromatic N) is 1. The Hall–Kier alpha value is -2.78. The van der Waals surface area contributed by atoms with Crippen molar-refractivity contribution in [3.8, 4) is 0 Å². The molecule has 0 aromatic heterocycles. The number of likely N-dealkylation sites (tertiary alicyclic amines) is 1. The standard InChI is InChI=1S/C28H32N2O6/c1-15-7-18-8-17(3-4-21(18)27(34)36-15)25(32)12-30-11-19-9-28(30,14-29-19)10-24(31)20-5-6-22-23(16(20)2)13-35-26(22)33/h3-6,8,15,19,24-25,29,31-32H,7,9-14H2,1-2H3/t15-,19+,24-,25?,28+/m1/s1. The molecule has 0 amide bonds. The fourth-order valence-corrected chi connectivity index (χ4v) is 6.62. The van der Waals surface area contributed by atoms with Gasteiger partial charge >= 0.3 is 11.9 Å². The van der Waals surface area contributed by atoms with Crippen molar-refractivity contribution in [2.75, 3.05) is 19.6 Å². The molecular weight excluding hydrogens is 460 g/mol. The van der Waals surface area contributed by atoms with Crippen molar-refractivity contribution < 1.29 is 29.3 Å². The van der Waals surface area contributed by atoms with Gasteiger partial charge in [-0.15, -0.1) is 0 Å². The minimum atomic E-state index is -0.707. The summed E-state index contributed by atoms with van der Waals surface area (Å²) in [7, 11) is 0. The van der Waals surface area contributed by atoms with Crippen LogP contribution in [0.5, 0.6) is 0 Å². The van der Waals surface area contributed by atoms with Gasteiger partial charge in [0.2, 0.25) is 0 Å². The molecule has 0 saturated carbocycles. The number of ether oxygens (including phenoxy) is 2. The van der Waals surface area contributed by atoms with Crippen molar-refractivity contribution in [2.24, 2.45) is 0 Å². The lowest BCUT2D eigenvalue weighted by atomic mass is 9.85. The average Bonchev–Trinajstić information content (AvgIpc) is 3.52. The van der Waals surface area contributed by atoms with Gasteiger partial charge in [-0.1, -0.05) is 18.2 Å². The first kappa shape index (κ1) is 23.6. The highest BCUT2D eigenvalue weighted by atomic mass is 16.5. The monoisotopic (exact) mass is 492 g/mol. The molecule has 190 valence electrons. The minimum Gasteiger partial charge on any atom is -0.459 e. The van der Waals surface area contributed by atoms with Gasteiger partial charge in [-0.2, -0.15) is 0 Å². The van der Waals surface area contributed by atoms with Gasteiger partial charge < -0.3 is 25.0 Å². The van der Waals surface area contributed by atoms with Crippen LogP contribution < -0.4 is 5.32 Å². The van der Waals surface area contributed by atoms with E-state index in [2.05, 4.69) is 10.2 Å². The topological polar surface area (TPSA) is 108 Å². The summed E-state index contributed by atoms with van der Waals surface area (Å²) in [5.74, 6) is -0.613. The van der Waals surface area contributed by atoms with Crippen LogP contribution in [0.25, 0.3) is 0 Å². The Morgan fingerprint density at radius 3 is 2.75 bits per heavy atom. The summed E-state index contributed by atoms with van der Waals surface area (Å²) < 4.78 is 10.5. The number of hydrogen-bond acceptors (Lipinski definition) is 8. The summed E-state index contributed by atoms with van der Waals surface area (Å²) in [6.45, 7) is 6.08. The SMILES string of the molecule is Cc1c([C@H](O)C[C@@]23CN[C@H](CN2CC(O)c2ccc4c(c2)C[C@@H](C)OC4=O)C3)ccc2c1COC2=O. The molecule has 2 aromatic rings. The molecule has 0 aliphatic carbocycles. The van der Waals surface area contributed by atoms with Gasteiger partial charge in [-0.25, -0.2) is 9.59 Å². The number of fused-ring (bicyclic) bond motifs is 4. The van der Waals surface area contributed by atoms with Crippen molar-refractivity contribution >= 4 is 11.9 Å². The van der Waals surface area contributed by atoms with E-state index in [4.69, 9.17) is 9.47 Å². The van der Waals surface area contributed by atoms with Crippen molar-refractivity contribution in [1.82, 2.24) is 10.2 Å². The number of nitrogens with one attached hydrogen (secondary N) is 1. The minimum absolute atomic E-state index is 0.171. The maximum atomic E-state index is 12.2. The molecule has 36 heavy (non-hydrogen) atoms. The summed E-state index contributed by atoms with van der Waals surface area (Å²) >= 11 is 0. The molecule has 4 aliphatic heterocycles. The second-order valence-electron chi connectivity index (χ2n) is 10.9. The highest BCUT2D eigenvalue weighted by Crippen LogP contribution is 2.43. The van der Waals surface area contributed by atoms with Crippen LogP contribution in [0.4, 0.5) is 0 Å². The van der Waals surface area contributed by atoms with Gasteiger partial charge in [-0.3, -0.25) is 4.90 Å². The first-order chi connectivity index (χ1) is 17.2. The summed E-state index contributed by atoms with van der Waals surface area (Å²) in [5.41, 5.74) is 5.20. The van der Waals surface area contributed by atoms with Crippen LogP contribution in [0, 0.1) is 6.92 Å². The molecule has 5 atom stereocenters. The van der Waals surface area contributed by atoms with Crippen molar-refractivity contribution in [3.05, 3.63) is 69.3 Å². The van der Waals surface area contributed by atoms with Crippen LogP contribution >= 0.6 is 0 Å². The lowest BCUT2D eigenvalue weighted by Crippen LogP contribution is -2.54. The smallest absolute Gasteiger partial charge is 0.338 e. The Bertz CT molecular complexity index is 1240. The summed E-state index contributed by atoms with van der Waals surface area (Å²) in [6.07, 6.45) is 0.517. The van der Waals surface area contributed by atoms with Crippen molar-refractivity contribution in [3.63, 3.8) is 0 Å². The average molecular weight is 493 g/mol. The molecular formula is C28H32N2O6. The zero-order valence-electron chi connectivity index (χ0n) is 20.6. The highest BCUT2D eigenvalue weighted by Gasteiger charge is 2.51. The number of cyclic esters (lactones) is 2. The molecule has 2 aromatic carbocycles. The molecule has 4 heterocycles. The zero-order chi connectivity index (χ0) is 25.2. The molecule has 0 radical (unpaired) electrons. The van der Waals surface area contributed by atoms with Gasteiger partial charge in [-0.05, 0) is 61.1 Å². The van der Waals surface area contributed by atoms with Crippen LogP contribution in [-0.4, -0.2) is 64.4 Å². The zero-order valence-corrected chi connectivity index (χ0v) is 20.6. The molecule has 2 bridgehead atoms. The molecule has 8 heteroatoms. The van der Waals surface area contributed by atoms with E-state index in [0.29, 0.717) is 36.6 Å². The number of aliphatic hydroxyl groups excluding tert-OH is 2. The molecule has 0 spiro atoms. The number of carbonyl (C=O) groups excluding carboxylic acids is 2. The molecule has 2 fully saturated rings. The number of aliphatic hydroxyl groups is 2. The lowest BCUT2D eigenvalue weighted by molar-refractivity contribution is 0.0213. The van der Waals surface area contributed by atoms with E-state index in [0.717, 1.165) is 47.3 Å². The van der Waals surface area contributed by atoms with E-state index in [1.54, 1.807) is 12.1 Å². The third kappa shape index (κ3) is 3.84. The Labute approximate surface area is 210 Å². The number of hydrogen-bond donors (Lipinski definition) is 3. The molecule has 8 nitrogen and oxygen atoms in total. The first-order valence-corrected chi connectivity index (χ1v) is 12.7. The van der Waals surface area contributed by atoms with Crippen LogP contribution in [0.1, 0.15) is 80.5 Å². The van der Waals surface area contributed by atoms with Crippen LogP contribution in [0.2, 0.25) is 0 Å². The largest absolute Gasteiger partial charge is 0.459 e. The van der Waals surface area contributed by atoms with Gasteiger partial charge in [0, 0.05) is 43.2 Å².